The summed E-state index contributed by atoms with van der Waals surface area (Å²) in [4.78, 5) is 11.9. The van der Waals surface area contributed by atoms with Crippen LogP contribution in [0.5, 0.6) is 0 Å². The fraction of sp³-hybridized carbons (Fsp3) is 0.0714. The van der Waals surface area contributed by atoms with Crippen LogP contribution < -0.4 is 10.6 Å². The molecule has 0 radical (unpaired) electrons. The highest BCUT2D eigenvalue weighted by Gasteiger charge is 2.23. The Kier molecular flexibility index (Phi) is 2.48. The molecule has 2 aromatic carbocycles. The average molecular weight is 242 g/mol. The molecule has 1 aliphatic rings. The van der Waals surface area contributed by atoms with Crippen molar-refractivity contribution in [2.45, 2.75) is 6.17 Å². The van der Waals surface area contributed by atoms with E-state index in [2.05, 4.69) is 10.6 Å². The summed E-state index contributed by atoms with van der Waals surface area (Å²) in [6, 6.07) is 13.4. The number of amides is 1. The molecule has 1 amide bonds. The molecule has 0 saturated carbocycles. The minimum Gasteiger partial charge on any atom is -0.361 e. The lowest BCUT2D eigenvalue weighted by molar-refractivity contribution is 0.0935. The zero-order valence-corrected chi connectivity index (χ0v) is 9.48. The van der Waals surface area contributed by atoms with Crippen LogP contribution in [0.1, 0.15) is 22.1 Å². The van der Waals surface area contributed by atoms with Gasteiger partial charge in [-0.15, -0.1) is 0 Å². The minimum absolute atomic E-state index is 0.126. The summed E-state index contributed by atoms with van der Waals surface area (Å²) in [7, 11) is 0. The van der Waals surface area contributed by atoms with Crippen molar-refractivity contribution in [1.29, 1.82) is 0 Å². The van der Waals surface area contributed by atoms with Crippen LogP contribution in [-0.4, -0.2) is 5.91 Å². The summed E-state index contributed by atoms with van der Waals surface area (Å²) in [5.74, 6) is -0.417. The van der Waals surface area contributed by atoms with Crippen LogP contribution >= 0.6 is 0 Å². The fourth-order valence-corrected chi connectivity index (χ4v) is 2.03. The van der Waals surface area contributed by atoms with Crippen molar-refractivity contribution in [3.05, 3.63) is 65.5 Å². The highest BCUT2D eigenvalue weighted by molar-refractivity contribution is 6.01. The van der Waals surface area contributed by atoms with E-state index in [4.69, 9.17) is 0 Å². The van der Waals surface area contributed by atoms with Gasteiger partial charge in [-0.3, -0.25) is 4.79 Å². The smallest absolute Gasteiger partial charge is 0.255 e. The molecule has 3 rings (SSSR count). The number of benzene rings is 2. The number of rotatable bonds is 1. The summed E-state index contributed by atoms with van der Waals surface area (Å²) in [6.45, 7) is 0. The number of nitrogens with one attached hydrogen (secondary N) is 2. The van der Waals surface area contributed by atoms with E-state index in [1.165, 1.54) is 12.1 Å². The Morgan fingerprint density at radius 2 is 1.67 bits per heavy atom. The van der Waals surface area contributed by atoms with Crippen molar-refractivity contribution in [1.82, 2.24) is 5.32 Å². The Labute approximate surface area is 104 Å². The second kappa shape index (κ2) is 4.14. The van der Waals surface area contributed by atoms with Crippen LogP contribution in [0.3, 0.4) is 0 Å². The van der Waals surface area contributed by atoms with E-state index < -0.39 is 0 Å². The molecule has 0 aromatic heterocycles. The van der Waals surface area contributed by atoms with Crippen LogP contribution in [0.2, 0.25) is 0 Å². The third-order valence-electron chi connectivity index (χ3n) is 2.95. The molecule has 0 fully saturated rings. The third-order valence-corrected chi connectivity index (χ3v) is 2.95. The molecule has 18 heavy (non-hydrogen) atoms. The van der Waals surface area contributed by atoms with E-state index in [0.29, 0.717) is 5.56 Å². The predicted molar refractivity (Wildman–Crippen MR) is 66.7 cm³/mol. The van der Waals surface area contributed by atoms with Gasteiger partial charge in [0.2, 0.25) is 0 Å². The Morgan fingerprint density at radius 3 is 2.44 bits per heavy atom. The number of halogens is 1. The molecule has 4 heteroatoms. The van der Waals surface area contributed by atoms with Crippen molar-refractivity contribution in [2.75, 3.05) is 5.32 Å². The lowest BCUT2D eigenvalue weighted by atomic mass is 10.1. The Bertz CT molecular complexity index is 595. The van der Waals surface area contributed by atoms with Crippen molar-refractivity contribution < 1.29 is 9.18 Å². The fourth-order valence-electron chi connectivity index (χ4n) is 2.03. The van der Waals surface area contributed by atoms with Gasteiger partial charge in [0.15, 0.2) is 0 Å². The Morgan fingerprint density at radius 1 is 0.944 bits per heavy atom. The first-order valence-electron chi connectivity index (χ1n) is 5.66. The lowest BCUT2D eigenvalue weighted by Gasteiger charge is -2.28. The lowest BCUT2D eigenvalue weighted by Crippen LogP contribution is -2.38. The summed E-state index contributed by atoms with van der Waals surface area (Å²) in [6.07, 6.45) is -0.326. The first-order valence-corrected chi connectivity index (χ1v) is 5.66. The van der Waals surface area contributed by atoms with Gasteiger partial charge in [-0.05, 0) is 29.8 Å². The van der Waals surface area contributed by atoms with E-state index in [1.54, 1.807) is 18.2 Å². The topological polar surface area (TPSA) is 41.1 Å². The normalized spacial score (nSPS) is 17.6. The molecule has 2 N–H and O–H groups in total. The Balaban J connectivity index is 1.94. The highest BCUT2D eigenvalue weighted by atomic mass is 19.1. The summed E-state index contributed by atoms with van der Waals surface area (Å²) in [5, 5.41) is 6.04. The first-order chi connectivity index (χ1) is 8.74. The van der Waals surface area contributed by atoms with Crippen LogP contribution in [0, 0.1) is 5.82 Å². The van der Waals surface area contributed by atoms with Crippen LogP contribution in [0.4, 0.5) is 10.1 Å². The molecule has 0 spiro atoms. The van der Waals surface area contributed by atoms with E-state index in [-0.39, 0.29) is 17.9 Å². The molecular formula is C14H11FN2O. The third kappa shape index (κ3) is 1.82. The monoisotopic (exact) mass is 242 g/mol. The Hall–Kier alpha value is -2.36. The van der Waals surface area contributed by atoms with E-state index >= 15 is 0 Å². The van der Waals surface area contributed by atoms with Crippen molar-refractivity contribution in [3.8, 4) is 0 Å². The zero-order valence-electron chi connectivity index (χ0n) is 9.48. The minimum atomic E-state index is -0.326. The maximum atomic E-state index is 12.9. The van der Waals surface area contributed by atoms with Gasteiger partial charge in [0.25, 0.3) is 5.91 Å². The number of hydrogen-bond acceptors (Lipinski definition) is 2. The van der Waals surface area contributed by atoms with Crippen molar-refractivity contribution >= 4 is 11.6 Å². The second-order valence-corrected chi connectivity index (χ2v) is 4.15. The quantitative estimate of drug-likeness (QED) is 0.807. The average Bonchev–Trinajstić information content (AvgIpc) is 2.39. The van der Waals surface area contributed by atoms with Crippen LogP contribution in [0.15, 0.2) is 48.5 Å². The largest absolute Gasteiger partial charge is 0.361 e. The second-order valence-electron chi connectivity index (χ2n) is 4.15. The number of hydrogen-bond donors (Lipinski definition) is 2. The van der Waals surface area contributed by atoms with Crippen LogP contribution in [-0.2, 0) is 0 Å². The van der Waals surface area contributed by atoms with Gasteiger partial charge >= 0.3 is 0 Å². The first kappa shape index (κ1) is 10.8. The highest BCUT2D eigenvalue weighted by Crippen LogP contribution is 2.26. The van der Waals surface area contributed by atoms with E-state index in [0.717, 1.165) is 11.3 Å². The van der Waals surface area contributed by atoms with Gasteiger partial charge in [0, 0.05) is 5.69 Å². The molecule has 1 atom stereocenters. The molecule has 1 aliphatic heterocycles. The molecule has 0 saturated heterocycles. The SMILES string of the molecule is O=C1N[C@@H](c2ccc(F)cc2)Nc2ccccc21. The van der Waals surface area contributed by atoms with Crippen LogP contribution in [0.25, 0.3) is 0 Å². The predicted octanol–water partition coefficient (Wildman–Crippen LogP) is 2.68. The van der Waals surface area contributed by atoms with Gasteiger partial charge < -0.3 is 10.6 Å². The molecule has 0 aliphatic carbocycles. The number of anilines is 1. The number of carbonyl (C=O) groups is 1. The molecular weight excluding hydrogens is 231 g/mol. The maximum absolute atomic E-state index is 12.9. The number of fused-ring (bicyclic) bond motifs is 1. The number of carbonyl (C=O) groups excluding carboxylic acids is 1. The van der Waals surface area contributed by atoms with Gasteiger partial charge in [0.05, 0.1) is 5.56 Å². The van der Waals surface area contributed by atoms with Gasteiger partial charge in [-0.2, -0.15) is 0 Å². The van der Waals surface area contributed by atoms with Gasteiger partial charge in [0.1, 0.15) is 12.0 Å². The standard InChI is InChI=1S/C14H11FN2O/c15-10-7-5-9(6-8-10)13-16-12-4-2-1-3-11(12)14(18)17-13/h1-8,13,16H,(H,17,18)/t13-/m0/s1. The molecule has 1 heterocycles. The van der Waals surface area contributed by atoms with Gasteiger partial charge in [-0.25, -0.2) is 4.39 Å². The maximum Gasteiger partial charge on any atom is 0.255 e. The summed E-state index contributed by atoms with van der Waals surface area (Å²) in [5.41, 5.74) is 2.23. The summed E-state index contributed by atoms with van der Waals surface area (Å²) < 4.78 is 12.9. The van der Waals surface area contributed by atoms with E-state index in [9.17, 15) is 9.18 Å². The summed E-state index contributed by atoms with van der Waals surface area (Å²) >= 11 is 0. The van der Waals surface area contributed by atoms with Crippen molar-refractivity contribution in [2.24, 2.45) is 0 Å². The van der Waals surface area contributed by atoms with Gasteiger partial charge in [-0.1, -0.05) is 24.3 Å². The molecule has 2 aromatic rings. The number of para-hydroxylation sites is 1. The molecule has 0 bridgehead atoms. The zero-order chi connectivity index (χ0) is 12.5. The van der Waals surface area contributed by atoms with Crippen molar-refractivity contribution in [3.63, 3.8) is 0 Å². The molecule has 3 nitrogen and oxygen atoms in total. The molecule has 0 unspecified atom stereocenters. The molecule has 90 valence electrons. The van der Waals surface area contributed by atoms with E-state index in [1.807, 2.05) is 18.2 Å².